The van der Waals surface area contributed by atoms with Crippen LogP contribution in [0.1, 0.15) is 25.3 Å². The number of rotatable bonds is 8. The van der Waals surface area contributed by atoms with E-state index in [-0.39, 0.29) is 6.03 Å². The average Bonchev–Trinajstić information content (AvgIpc) is 2.79. The molecule has 1 aliphatic rings. The molecule has 0 radical (unpaired) electrons. The summed E-state index contributed by atoms with van der Waals surface area (Å²) in [6.07, 6.45) is 4.95. The molecule has 1 aromatic carbocycles. The molecule has 0 spiro atoms. The number of likely N-dealkylation sites (N-methyl/N-ethyl adjacent to an activating group) is 2. The van der Waals surface area contributed by atoms with Gasteiger partial charge in [0.25, 0.3) is 0 Å². The van der Waals surface area contributed by atoms with Gasteiger partial charge in [-0.2, -0.15) is 0 Å². The Morgan fingerprint density at radius 3 is 2.65 bits per heavy atom. The lowest BCUT2D eigenvalue weighted by atomic mass is 10.0. The lowest BCUT2D eigenvalue weighted by molar-refractivity contribution is 0.136. The largest absolute Gasteiger partial charge is 0.439 e. The van der Waals surface area contributed by atoms with E-state index in [1.165, 1.54) is 18.4 Å². The number of nitrogens with zero attached hydrogens (tertiary/aromatic N) is 4. The van der Waals surface area contributed by atoms with Gasteiger partial charge in [0.05, 0.1) is 11.9 Å². The summed E-state index contributed by atoms with van der Waals surface area (Å²) in [5, 5.41) is 2.90. The van der Waals surface area contributed by atoms with Gasteiger partial charge in [0.15, 0.2) is 0 Å². The van der Waals surface area contributed by atoms with Crippen LogP contribution in [0.4, 0.5) is 10.5 Å². The quantitative estimate of drug-likeness (QED) is 0.694. The smallest absolute Gasteiger partial charge is 0.321 e. The number of amides is 2. The van der Waals surface area contributed by atoms with E-state index in [4.69, 9.17) is 4.74 Å². The fraction of sp³-hybridized carbons (Fsp3) is 0.500. The third-order valence-corrected chi connectivity index (χ3v) is 5.96. The van der Waals surface area contributed by atoms with E-state index in [1.54, 1.807) is 17.2 Å². The molecule has 1 saturated heterocycles. The number of likely N-dealkylation sites (tertiary alicyclic amines) is 1. The summed E-state index contributed by atoms with van der Waals surface area (Å²) in [7, 11) is 6.15. The summed E-state index contributed by atoms with van der Waals surface area (Å²) in [5.41, 5.74) is 1.86. The molecule has 0 aliphatic carbocycles. The fourth-order valence-electron chi connectivity index (χ4n) is 3.71. The van der Waals surface area contributed by atoms with E-state index in [0.29, 0.717) is 24.2 Å². The number of carbonyl (C=O) groups excluding carboxylic acids is 1. The zero-order valence-corrected chi connectivity index (χ0v) is 19.2. The number of anilines is 1. The molecule has 0 bridgehead atoms. The standard InChI is InChI=1S/C24H35N5O2/c1-5-19-7-6-8-22(17-19)31-23-10-9-20(18-25-23)26-24(30)29(4)16-15-28(3)21-11-13-27(2)14-12-21/h6-10,17-18,21H,5,11-16H2,1-4H3,(H,26,30). The van der Waals surface area contributed by atoms with Crippen LogP contribution < -0.4 is 10.1 Å². The van der Waals surface area contributed by atoms with Gasteiger partial charge in [-0.1, -0.05) is 19.1 Å². The molecule has 168 valence electrons. The van der Waals surface area contributed by atoms with Crippen LogP contribution in [0.25, 0.3) is 0 Å². The monoisotopic (exact) mass is 425 g/mol. The number of nitrogens with one attached hydrogen (secondary N) is 1. The van der Waals surface area contributed by atoms with Crippen LogP contribution >= 0.6 is 0 Å². The molecule has 1 fully saturated rings. The van der Waals surface area contributed by atoms with Crippen LogP contribution in [0.3, 0.4) is 0 Å². The van der Waals surface area contributed by atoms with Crippen LogP contribution in [0.2, 0.25) is 0 Å². The van der Waals surface area contributed by atoms with Crippen LogP contribution in [-0.4, -0.2) is 79.1 Å². The van der Waals surface area contributed by atoms with Crippen molar-refractivity contribution in [3.63, 3.8) is 0 Å². The number of benzene rings is 1. The normalized spacial score (nSPS) is 15.1. The van der Waals surface area contributed by atoms with E-state index in [9.17, 15) is 4.79 Å². The van der Waals surface area contributed by atoms with Crippen molar-refractivity contribution in [2.75, 3.05) is 52.6 Å². The maximum Gasteiger partial charge on any atom is 0.321 e. The molecule has 1 N–H and O–H groups in total. The second kappa shape index (κ2) is 11.1. The van der Waals surface area contributed by atoms with E-state index in [0.717, 1.165) is 31.8 Å². The predicted octanol–water partition coefficient (Wildman–Crippen LogP) is 3.93. The topological polar surface area (TPSA) is 60.9 Å². The number of aryl methyl sites for hydroxylation is 1. The first-order valence-electron chi connectivity index (χ1n) is 11.1. The number of ether oxygens (including phenoxy) is 1. The van der Waals surface area contributed by atoms with Crippen molar-refractivity contribution in [1.29, 1.82) is 0 Å². The maximum absolute atomic E-state index is 12.5. The fourth-order valence-corrected chi connectivity index (χ4v) is 3.71. The second-order valence-electron chi connectivity index (χ2n) is 8.35. The Balaban J connectivity index is 1.45. The van der Waals surface area contributed by atoms with Crippen molar-refractivity contribution in [1.82, 2.24) is 19.7 Å². The predicted molar refractivity (Wildman–Crippen MR) is 125 cm³/mol. The van der Waals surface area contributed by atoms with E-state index < -0.39 is 0 Å². The number of carbonyl (C=O) groups is 1. The van der Waals surface area contributed by atoms with Crippen molar-refractivity contribution < 1.29 is 9.53 Å². The number of hydrogen-bond donors (Lipinski definition) is 1. The molecular weight excluding hydrogens is 390 g/mol. The molecule has 7 heteroatoms. The molecule has 2 amide bonds. The minimum absolute atomic E-state index is 0.136. The summed E-state index contributed by atoms with van der Waals surface area (Å²) in [4.78, 5) is 23.3. The Hall–Kier alpha value is -2.64. The molecule has 0 saturated carbocycles. The number of hydrogen-bond acceptors (Lipinski definition) is 5. The highest BCUT2D eigenvalue weighted by Gasteiger charge is 2.21. The number of urea groups is 1. The zero-order chi connectivity index (χ0) is 22.2. The average molecular weight is 426 g/mol. The SMILES string of the molecule is CCc1cccc(Oc2ccc(NC(=O)N(C)CCN(C)C3CCN(C)CC3)cn2)c1. The highest BCUT2D eigenvalue weighted by Crippen LogP contribution is 2.22. The van der Waals surface area contributed by atoms with E-state index in [2.05, 4.69) is 47.2 Å². The summed E-state index contributed by atoms with van der Waals surface area (Å²) in [6, 6.07) is 12.0. The van der Waals surface area contributed by atoms with Crippen LogP contribution in [-0.2, 0) is 6.42 Å². The zero-order valence-electron chi connectivity index (χ0n) is 19.2. The van der Waals surface area contributed by atoms with E-state index in [1.807, 2.05) is 31.3 Å². The van der Waals surface area contributed by atoms with Crippen LogP contribution in [0.5, 0.6) is 11.6 Å². The Morgan fingerprint density at radius 2 is 1.97 bits per heavy atom. The molecule has 2 heterocycles. The highest BCUT2D eigenvalue weighted by atomic mass is 16.5. The van der Waals surface area contributed by atoms with Gasteiger partial charge in [0, 0.05) is 32.2 Å². The summed E-state index contributed by atoms with van der Waals surface area (Å²) in [5.74, 6) is 1.26. The van der Waals surface area contributed by atoms with Gasteiger partial charge in [0.2, 0.25) is 5.88 Å². The van der Waals surface area contributed by atoms with Gasteiger partial charge in [-0.3, -0.25) is 0 Å². The summed E-state index contributed by atoms with van der Waals surface area (Å²) < 4.78 is 5.81. The minimum atomic E-state index is -0.136. The Morgan fingerprint density at radius 1 is 1.19 bits per heavy atom. The lowest BCUT2D eigenvalue weighted by Gasteiger charge is -2.35. The van der Waals surface area contributed by atoms with Gasteiger partial charge in [0.1, 0.15) is 5.75 Å². The van der Waals surface area contributed by atoms with Crippen LogP contribution in [0.15, 0.2) is 42.6 Å². The van der Waals surface area contributed by atoms with Crippen LogP contribution in [0, 0.1) is 0 Å². The summed E-state index contributed by atoms with van der Waals surface area (Å²) in [6.45, 7) is 5.93. The number of piperidine rings is 1. The van der Waals surface area contributed by atoms with Crippen molar-refractivity contribution in [2.45, 2.75) is 32.2 Å². The van der Waals surface area contributed by atoms with Crippen molar-refractivity contribution in [2.24, 2.45) is 0 Å². The number of pyridine rings is 1. The second-order valence-corrected chi connectivity index (χ2v) is 8.35. The molecule has 0 atom stereocenters. The molecule has 7 nitrogen and oxygen atoms in total. The highest BCUT2D eigenvalue weighted by molar-refractivity contribution is 5.88. The van der Waals surface area contributed by atoms with E-state index >= 15 is 0 Å². The van der Waals surface area contributed by atoms with Gasteiger partial charge < -0.3 is 24.8 Å². The molecule has 3 rings (SSSR count). The Kier molecular flexibility index (Phi) is 8.26. The van der Waals surface area contributed by atoms with Crippen molar-refractivity contribution >= 4 is 11.7 Å². The molecule has 1 aromatic heterocycles. The molecule has 2 aromatic rings. The number of aromatic nitrogens is 1. The van der Waals surface area contributed by atoms with Gasteiger partial charge in [-0.05, 0) is 70.2 Å². The first-order valence-corrected chi connectivity index (χ1v) is 11.1. The molecular formula is C24H35N5O2. The Labute approximate surface area is 186 Å². The molecule has 31 heavy (non-hydrogen) atoms. The summed E-state index contributed by atoms with van der Waals surface area (Å²) >= 11 is 0. The molecule has 1 aliphatic heterocycles. The van der Waals surface area contributed by atoms with Gasteiger partial charge in [-0.25, -0.2) is 9.78 Å². The van der Waals surface area contributed by atoms with Crippen molar-refractivity contribution in [3.05, 3.63) is 48.2 Å². The minimum Gasteiger partial charge on any atom is -0.439 e. The Bertz CT molecular complexity index is 834. The van der Waals surface area contributed by atoms with Gasteiger partial charge >= 0.3 is 6.03 Å². The third kappa shape index (κ3) is 6.94. The first-order chi connectivity index (χ1) is 14.9. The molecule has 0 unspecified atom stereocenters. The lowest BCUT2D eigenvalue weighted by Crippen LogP contribution is -2.45. The first kappa shape index (κ1) is 23.0. The van der Waals surface area contributed by atoms with Gasteiger partial charge in [-0.15, -0.1) is 0 Å². The third-order valence-electron chi connectivity index (χ3n) is 5.96. The van der Waals surface area contributed by atoms with Crippen molar-refractivity contribution in [3.8, 4) is 11.6 Å². The maximum atomic E-state index is 12.5.